The predicted molar refractivity (Wildman–Crippen MR) is 67.6 cm³/mol. The average molecular weight is 223 g/mol. The summed E-state index contributed by atoms with van der Waals surface area (Å²) in [6, 6.07) is 6.43. The Kier molecular flexibility index (Phi) is 8.12. The summed E-state index contributed by atoms with van der Waals surface area (Å²) < 4.78 is 0. The van der Waals surface area contributed by atoms with Gasteiger partial charge in [0.2, 0.25) is 0 Å². The van der Waals surface area contributed by atoms with Crippen molar-refractivity contribution >= 4 is 5.69 Å². The Morgan fingerprint density at radius 1 is 1.06 bits per heavy atom. The molecule has 0 spiro atoms. The number of aryl methyl sites for hydroxylation is 1. The molecule has 0 heterocycles. The van der Waals surface area contributed by atoms with E-state index in [9.17, 15) is 10.1 Å². The normalized spacial score (nSPS) is 9.19. The van der Waals surface area contributed by atoms with Gasteiger partial charge in [0.15, 0.2) is 0 Å². The van der Waals surface area contributed by atoms with E-state index >= 15 is 0 Å². The maximum Gasteiger partial charge on any atom is 0.269 e. The summed E-state index contributed by atoms with van der Waals surface area (Å²) in [5.41, 5.74) is 1.18. The van der Waals surface area contributed by atoms with E-state index in [0.29, 0.717) is 0 Å². The summed E-state index contributed by atoms with van der Waals surface area (Å²) in [6.07, 6.45) is 5.54. The Bertz CT molecular complexity index is 289. The summed E-state index contributed by atoms with van der Waals surface area (Å²) in [5, 5.41) is 10.1. The van der Waals surface area contributed by atoms with E-state index in [1.165, 1.54) is 37.8 Å². The van der Waals surface area contributed by atoms with E-state index < -0.39 is 4.92 Å². The number of nitro benzene ring substituents is 1. The molecule has 0 radical (unpaired) electrons. The first-order valence-electron chi connectivity index (χ1n) is 5.82. The van der Waals surface area contributed by atoms with Crippen LogP contribution < -0.4 is 0 Å². The first kappa shape index (κ1) is 14.6. The van der Waals surface area contributed by atoms with Crippen molar-refractivity contribution in [1.29, 1.82) is 0 Å². The number of nitro groups is 1. The molecule has 0 atom stereocenters. The third kappa shape index (κ3) is 6.98. The fourth-order valence-electron chi connectivity index (χ4n) is 1.17. The van der Waals surface area contributed by atoms with Crippen molar-refractivity contribution < 1.29 is 4.92 Å². The zero-order valence-corrected chi connectivity index (χ0v) is 10.4. The molecule has 90 valence electrons. The third-order valence-corrected chi connectivity index (χ3v) is 2.20. The smallest absolute Gasteiger partial charge is 0.258 e. The lowest BCUT2D eigenvalue weighted by Gasteiger charge is -1.90. The van der Waals surface area contributed by atoms with Crippen LogP contribution in [0.3, 0.4) is 0 Å². The Morgan fingerprint density at radius 2 is 1.50 bits per heavy atom. The SMILES string of the molecule is CCCCCC.Cc1ccc([N+](=O)[O-])cc1. The molecule has 0 fully saturated rings. The highest BCUT2D eigenvalue weighted by molar-refractivity contribution is 5.31. The zero-order chi connectivity index (χ0) is 12.4. The van der Waals surface area contributed by atoms with E-state index in [1.54, 1.807) is 12.1 Å². The average Bonchev–Trinajstić information content (AvgIpc) is 2.28. The molecule has 3 nitrogen and oxygen atoms in total. The molecule has 0 aliphatic heterocycles. The van der Waals surface area contributed by atoms with Gasteiger partial charge in [-0.15, -0.1) is 0 Å². The van der Waals surface area contributed by atoms with Crippen molar-refractivity contribution in [3.8, 4) is 0 Å². The van der Waals surface area contributed by atoms with Gasteiger partial charge >= 0.3 is 0 Å². The Morgan fingerprint density at radius 3 is 1.81 bits per heavy atom. The Balaban J connectivity index is 0.000000325. The van der Waals surface area contributed by atoms with Gasteiger partial charge in [-0.3, -0.25) is 10.1 Å². The Hall–Kier alpha value is -1.38. The van der Waals surface area contributed by atoms with E-state index in [2.05, 4.69) is 13.8 Å². The topological polar surface area (TPSA) is 43.1 Å². The highest BCUT2D eigenvalue weighted by atomic mass is 16.6. The first-order chi connectivity index (χ1) is 7.61. The maximum absolute atomic E-state index is 10.1. The van der Waals surface area contributed by atoms with E-state index in [-0.39, 0.29) is 5.69 Å². The lowest BCUT2D eigenvalue weighted by atomic mass is 10.2. The minimum atomic E-state index is -0.403. The van der Waals surface area contributed by atoms with Crippen LogP contribution in [0, 0.1) is 17.0 Å². The fraction of sp³-hybridized carbons (Fsp3) is 0.538. The predicted octanol–water partition coefficient (Wildman–Crippen LogP) is 4.49. The number of nitrogens with zero attached hydrogens (tertiary/aromatic N) is 1. The van der Waals surface area contributed by atoms with Gasteiger partial charge in [0.05, 0.1) is 4.92 Å². The molecular formula is C13H21NO2. The van der Waals surface area contributed by atoms with Crippen molar-refractivity contribution in [3.63, 3.8) is 0 Å². The van der Waals surface area contributed by atoms with Crippen molar-refractivity contribution in [2.75, 3.05) is 0 Å². The lowest BCUT2D eigenvalue weighted by molar-refractivity contribution is -0.384. The van der Waals surface area contributed by atoms with Gasteiger partial charge in [-0.2, -0.15) is 0 Å². The van der Waals surface area contributed by atoms with Crippen LogP contribution >= 0.6 is 0 Å². The molecule has 1 aromatic carbocycles. The molecular weight excluding hydrogens is 202 g/mol. The lowest BCUT2D eigenvalue weighted by Crippen LogP contribution is -1.86. The second kappa shape index (κ2) is 8.89. The van der Waals surface area contributed by atoms with Crippen molar-refractivity contribution in [1.82, 2.24) is 0 Å². The van der Waals surface area contributed by atoms with Crippen LogP contribution in [-0.4, -0.2) is 4.92 Å². The number of unbranched alkanes of at least 4 members (excludes halogenated alkanes) is 3. The molecule has 0 saturated carbocycles. The summed E-state index contributed by atoms with van der Waals surface area (Å²) in [7, 11) is 0. The summed E-state index contributed by atoms with van der Waals surface area (Å²) in [4.78, 5) is 9.71. The second-order valence-electron chi connectivity index (χ2n) is 3.80. The maximum atomic E-state index is 10.1. The van der Waals surface area contributed by atoms with Gasteiger partial charge in [-0.05, 0) is 6.92 Å². The standard InChI is InChI=1S/C7H7NO2.C6H14/c1-6-2-4-7(5-3-6)8(9)10;1-3-5-6-4-2/h2-5H,1H3;3-6H2,1-2H3. The second-order valence-corrected chi connectivity index (χ2v) is 3.80. The highest BCUT2D eigenvalue weighted by Crippen LogP contribution is 2.10. The molecule has 0 amide bonds. The monoisotopic (exact) mass is 223 g/mol. The van der Waals surface area contributed by atoms with Crippen molar-refractivity contribution in [2.24, 2.45) is 0 Å². The zero-order valence-electron chi connectivity index (χ0n) is 10.4. The highest BCUT2D eigenvalue weighted by Gasteiger charge is 2.00. The quantitative estimate of drug-likeness (QED) is 0.429. The van der Waals surface area contributed by atoms with Crippen LogP contribution in [0.25, 0.3) is 0 Å². The van der Waals surface area contributed by atoms with Gasteiger partial charge in [0.25, 0.3) is 5.69 Å². The molecule has 0 aliphatic rings. The van der Waals surface area contributed by atoms with Gasteiger partial charge in [-0.25, -0.2) is 0 Å². The summed E-state index contributed by atoms with van der Waals surface area (Å²) in [5.74, 6) is 0. The molecule has 0 aliphatic carbocycles. The van der Waals surface area contributed by atoms with Crippen LogP contribution in [0.15, 0.2) is 24.3 Å². The van der Waals surface area contributed by atoms with Gasteiger partial charge in [0.1, 0.15) is 0 Å². The Labute approximate surface area is 97.6 Å². The molecule has 1 aromatic rings. The number of non-ortho nitro benzene ring substituents is 1. The molecule has 0 unspecified atom stereocenters. The number of benzene rings is 1. The van der Waals surface area contributed by atoms with Gasteiger partial charge < -0.3 is 0 Å². The van der Waals surface area contributed by atoms with E-state index in [4.69, 9.17) is 0 Å². The number of hydrogen-bond acceptors (Lipinski definition) is 2. The van der Waals surface area contributed by atoms with Gasteiger partial charge in [0, 0.05) is 12.1 Å². The molecule has 0 N–H and O–H groups in total. The third-order valence-electron chi connectivity index (χ3n) is 2.20. The number of rotatable bonds is 4. The fourth-order valence-corrected chi connectivity index (χ4v) is 1.17. The minimum Gasteiger partial charge on any atom is -0.258 e. The number of hydrogen-bond donors (Lipinski definition) is 0. The molecule has 16 heavy (non-hydrogen) atoms. The first-order valence-corrected chi connectivity index (χ1v) is 5.82. The largest absolute Gasteiger partial charge is 0.269 e. The van der Waals surface area contributed by atoms with Crippen LogP contribution in [0.2, 0.25) is 0 Å². The molecule has 3 heteroatoms. The summed E-state index contributed by atoms with van der Waals surface area (Å²) in [6.45, 7) is 6.36. The van der Waals surface area contributed by atoms with E-state index in [1.807, 2.05) is 6.92 Å². The van der Waals surface area contributed by atoms with E-state index in [0.717, 1.165) is 5.56 Å². The van der Waals surface area contributed by atoms with Crippen LogP contribution in [0.1, 0.15) is 45.1 Å². The van der Waals surface area contributed by atoms with Crippen LogP contribution in [0.5, 0.6) is 0 Å². The minimum absolute atomic E-state index is 0.144. The van der Waals surface area contributed by atoms with Crippen molar-refractivity contribution in [3.05, 3.63) is 39.9 Å². The summed E-state index contributed by atoms with van der Waals surface area (Å²) >= 11 is 0. The van der Waals surface area contributed by atoms with Gasteiger partial charge in [-0.1, -0.05) is 57.2 Å². The molecule has 0 bridgehead atoms. The molecule has 0 saturated heterocycles. The van der Waals surface area contributed by atoms with Crippen molar-refractivity contribution in [2.45, 2.75) is 46.5 Å². The molecule has 0 aromatic heterocycles. The van der Waals surface area contributed by atoms with Crippen LogP contribution in [-0.2, 0) is 0 Å². The van der Waals surface area contributed by atoms with Crippen LogP contribution in [0.4, 0.5) is 5.69 Å². The molecule has 1 rings (SSSR count).